The van der Waals surface area contributed by atoms with Crippen LogP contribution in [-0.4, -0.2) is 48.8 Å². The van der Waals surface area contributed by atoms with Gasteiger partial charge in [0.1, 0.15) is 0 Å². The molecule has 118 valence electrons. The van der Waals surface area contributed by atoms with Crippen LogP contribution in [0.2, 0.25) is 0 Å². The molecule has 1 N–H and O–H groups in total. The summed E-state index contributed by atoms with van der Waals surface area (Å²) in [6.45, 7) is 13.3. The molecular formula is C17H34N2O. The third kappa shape index (κ3) is 4.19. The molecule has 1 saturated heterocycles. The number of hydrogen-bond acceptors (Lipinski definition) is 3. The van der Waals surface area contributed by atoms with Gasteiger partial charge in [0.05, 0.1) is 12.7 Å². The van der Waals surface area contributed by atoms with Gasteiger partial charge in [-0.15, -0.1) is 0 Å². The molecule has 1 spiro atoms. The lowest BCUT2D eigenvalue weighted by Crippen LogP contribution is -2.66. The summed E-state index contributed by atoms with van der Waals surface area (Å²) < 4.78 is 5.79. The average Bonchev–Trinajstić information content (AvgIpc) is 2.39. The van der Waals surface area contributed by atoms with Crippen molar-refractivity contribution in [2.45, 2.75) is 77.5 Å². The van der Waals surface area contributed by atoms with Crippen molar-refractivity contribution in [1.82, 2.24) is 10.2 Å². The van der Waals surface area contributed by atoms with Gasteiger partial charge < -0.3 is 10.1 Å². The van der Waals surface area contributed by atoms with Gasteiger partial charge in [-0.25, -0.2) is 0 Å². The van der Waals surface area contributed by atoms with E-state index in [1.165, 1.54) is 38.6 Å². The minimum Gasteiger partial charge on any atom is -0.377 e. The van der Waals surface area contributed by atoms with Gasteiger partial charge in [0.25, 0.3) is 0 Å². The standard InChI is InChI=1S/C17H34N2O/c1-14(2)16-12-18-17(8-6-5-7-9-17)13-19(16)10-11-20-15(3)4/h14-16,18H,5-13H2,1-4H3. The van der Waals surface area contributed by atoms with Crippen LogP contribution in [0.5, 0.6) is 0 Å². The fraction of sp³-hybridized carbons (Fsp3) is 1.00. The van der Waals surface area contributed by atoms with Crippen molar-refractivity contribution in [3.05, 3.63) is 0 Å². The van der Waals surface area contributed by atoms with Crippen LogP contribution in [0, 0.1) is 5.92 Å². The molecule has 0 aromatic heterocycles. The molecule has 3 nitrogen and oxygen atoms in total. The van der Waals surface area contributed by atoms with Gasteiger partial charge in [0.15, 0.2) is 0 Å². The molecule has 0 aromatic carbocycles. The van der Waals surface area contributed by atoms with Crippen LogP contribution in [-0.2, 0) is 4.74 Å². The maximum atomic E-state index is 5.79. The fourth-order valence-corrected chi connectivity index (χ4v) is 3.88. The van der Waals surface area contributed by atoms with Crippen LogP contribution in [0.25, 0.3) is 0 Å². The molecule has 20 heavy (non-hydrogen) atoms. The summed E-state index contributed by atoms with van der Waals surface area (Å²) in [7, 11) is 0. The van der Waals surface area contributed by atoms with E-state index in [1.807, 2.05) is 0 Å². The van der Waals surface area contributed by atoms with E-state index in [4.69, 9.17) is 4.74 Å². The number of nitrogens with one attached hydrogen (secondary N) is 1. The van der Waals surface area contributed by atoms with Gasteiger partial charge >= 0.3 is 0 Å². The van der Waals surface area contributed by atoms with E-state index in [9.17, 15) is 0 Å². The smallest absolute Gasteiger partial charge is 0.0597 e. The van der Waals surface area contributed by atoms with E-state index in [2.05, 4.69) is 37.9 Å². The number of ether oxygens (including phenoxy) is 1. The maximum Gasteiger partial charge on any atom is 0.0597 e. The monoisotopic (exact) mass is 282 g/mol. The van der Waals surface area contributed by atoms with E-state index >= 15 is 0 Å². The molecule has 2 aliphatic rings. The zero-order valence-corrected chi connectivity index (χ0v) is 14.0. The molecule has 1 aliphatic heterocycles. The second kappa shape index (κ2) is 7.24. The Labute approximate surface area is 125 Å². The van der Waals surface area contributed by atoms with Gasteiger partial charge in [-0.2, -0.15) is 0 Å². The Bertz CT molecular complexity index is 285. The van der Waals surface area contributed by atoms with Gasteiger partial charge in [0, 0.05) is 31.2 Å². The van der Waals surface area contributed by atoms with Crippen LogP contribution in [0.1, 0.15) is 59.8 Å². The van der Waals surface area contributed by atoms with Gasteiger partial charge in [-0.05, 0) is 32.6 Å². The highest BCUT2D eigenvalue weighted by Crippen LogP contribution is 2.32. The number of piperazine rings is 1. The second-order valence-corrected chi connectivity index (χ2v) is 7.42. The first-order valence-corrected chi connectivity index (χ1v) is 8.63. The van der Waals surface area contributed by atoms with E-state index in [-0.39, 0.29) is 0 Å². The van der Waals surface area contributed by atoms with Crippen molar-refractivity contribution in [3.63, 3.8) is 0 Å². The van der Waals surface area contributed by atoms with E-state index < -0.39 is 0 Å². The van der Waals surface area contributed by atoms with Gasteiger partial charge in [0.2, 0.25) is 0 Å². The van der Waals surface area contributed by atoms with E-state index in [1.54, 1.807) is 0 Å². The van der Waals surface area contributed by atoms with Crippen LogP contribution in [0.3, 0.4) is 0 Å². The summed E-state index contributed by atoms with van der Waals surface area (Å²) in [5.41, 5.74) is 0.404. The summed E-state index contributed by atoms with van der Waals surface area (Å²) in [5, 5.41) is 3.91. The highest BCUT2D eigenvalue weighted by atomic mass is 16.5. The third-order valence-corrected chi connectivity index (χ3v) is 5.07. The summed E-state index contributed by atoms with van der Waals surface area (Å²) in [5.74, 6) is 0.711. The van der Waals surface area contributed by atoms with Crippen molar-refractivity contribution >= 4 is 0 Å². The van der Waals surface area contributed by atoms with E-state index in [0.717, 1.165) is 19.7 Å². The number of rotatable bonds is 5. The first kappa shape index (κ1) is 16.3. The highest BCUT2D eigenvalue weighted by molar-refractivity contribution is 5.00. The van der Waals surface area contributed by atoms with Gasteiger partial charge in [-0.1, -0.05) is 33.1 Å². The molecule has 0 bridgehead atoms. The normalized spacial score (nSPS) is 27.6. The predicted octanol–water partition coefficient (Wildman–Crippen LogP) is 3.04. The lowest BCUT2D eigenvalue weighted by molar-refractivity contribution is 0.000691. The van der Waals surface area contributed by atoms with Crippen LogP contribution >= 0.6 is 0 Å². The molecular weight excluding hydrogens is 248 g/mol. The average molecular weight is 282 g/mol. The molecule has 1 saturated carbocycles. The quantitative estimate of drug-likeness (QED) is 0.839. The Morgan fingerprint density at radius 1 is 1.15 bits per heavy atom. The molecule has 3 heteroatoms. The minimum absolute atomic E-state index is 0.346. The number of nitrogens with zero attached hydrogens (tertiary/aromatic N) is 1. The molecule has 1 heterocycles. The Kier molecular flexibility index (Phi) is 5.88. The highest BCUT2D eigenvalue weighted by Gasteiger charge is 2.40. The Hall–Kier alpha value is -0.120. The largest absolute Gasteiger partial charge is 0.377 e. The minimum atomic E-state index is 0.346. The first-order chi connectivity index (χ1) is 9.52. The molecule has 1 aliphatic carbocycles. The number of hydrogen-bond donors (Lipinski definition) is 1. The molecule has 1 unspecified atom stereocenters. The fourth-order valence-electron chi connectivity index (χ4n) is 3.88. The summed E-state index contributed by atoms with van der Waals surface area (Å²) in [6.07, 6.45) is 7.29. The molecule has 0 aromatic rings. The molecule has 1 atom stereocenters. The third-order valence-electron chi connectivity index (χ3n) is 5.07. The predicted molar refractivity (Wildman–Crippen MR) is 85.1 cm³/mol. The van der Waals surface area contributed by atoms with Crippen molar-refractivity contribution < 1.29 is 4.74 Å². The van der Waals surface area contributed by atoms with Crippen molar-refractivity contribution in [2.75, 3.05) is 26.2 Å². The zero-order chi connectivity index (χ0) is 14.6. The Morgan fingerprint density at radius 2 is 1.85 bits per heavy atom. The summed E-state index contributed by atoms with van der Waals surface area (Å²) >= 11 is 0. The van der Waals surface area contributed by atoms with Crippen molar-refractivity contribution in [2.24, 2.45) is 5.92 Å². The first-order valence-electron chi connectivity index (χ1n) is 8.63. The Morgan fingerprint density at radius 3 is 2.45 bits per heavy atom. The molecule has 2 fully saturated rings. The van der Waals surface area contributed by atoms with Crippen LogP contribution in [0.15, 0.2) is 0 Å². The zero-order valence-electron chi connectivity index (χ0n) is 14.0. The van der Waals surface area contributed by atoms with Crippen molar-refractivity contribution in [3.8, 4) is 0 Å². The summed E-state index contributed by atoms with van der Waals surface area (Å²) in [6, 6.07) is 0.665. The van der Waals surface area contributed by atoms with Crippen molar-refractivity contribution in [1.29, 1.82) is 0 Å². The lowest BCUT2D eigenvalue weighted by atomic mass is 9.78. The molecule has 0 radical (unpaired) electrons. The topological polar surface area (TPSA) is 24.5 Å². The molecule has 0 amide bonds. The second-order valence-electron chi connectivity index (χ2n) is 7.42. The molecule has 2 rings (SSSR count). The SMILES string of the molecule is CC(C)OCCN1CC2(CCCCC2)NCC1C(C)C. The maximum absolute atomic E-state index is 5.79. The lowest BCUT2D eigenvalue weighted by Gasteiger charge is -2.51. The van der Waals surface area contributed by atoms with E-state index in [0.29, 0.717) is 23.6 Å². The summed E-state index contributed by atoms with van der Waals surface area (Å²) in [4.78, 5) is 2.70. The van der Waals surface area contributed by atoms with Gasteiger partial charge in [-0.3, -0.25) is 4.90 Å². The van der Waals surface area contributed by atoms with Crippen LogP contribution < -0.4 is 5.32 Å². The Balaban J connectivity index is 1.94. The van der Waals surface area contributed by atoms with Crippen LogP contribution in [0.4, 0.5) is 0 Å².